The smallest absolute Gasteiger partial charge is 0.408 e. The van der Waals surface area contributed by atoms with Gasteiger partial charge >= 0.3 is 6.09 Å². The van der Waals surface area contributed by atoms with Crippen LogP contribution in [0.25, 0.3) is 0 Å². The summed E-state index contributed by atoms with van der Waals surface area (Å²) < 4.78 is 5.04. The highest BCUT2D eigenvalue weighted by molar-refractivity contribution is 5.82. The number of rotatable bonds is 4. The molecule has 0 bridgehead atoms. The lowest BCUT2D eigenvalue weighted by atomic mass is 10.1. The minimum absolute atomic E-state index is 0.0667. The van der Waals surface area contributed by atoms with Crippen LogP contribution in [0.3, 0.4) is 0 Å². The van der Waals surface area contributed by atoms with E-state index in [1.54, 1.807) is 25.7 Å². The number of carbonyl (C=O) groups excluding carboxylic acids is 3. The zero-order chi connectivity index (χ0) is 14.5. The quantitative estimate of drug-likeness (QED) is 0.772. The molecule has 1 fully saturated rings. The highest BCUT2D eigenvalue weighted by atomic mass is 16.6. The summed E-state index contributed by atoms with van der Waals surface area (Å²) in [6.45, 7) is 6.46. The van der Waals surface area contributed by atoms with E-state index in [4.69, 9.17) is 4.74 Å². The van der Waals surface area contributed by atoms with E-state index in [2.05, 4.69) is 5.32 Å². The van der Waals surface area contributed by atoms with E-state index in [9.17, 15) is 14.4 Å². The monoisotopic (exact) mass is 270 g/mol. The molecule has 0 spiro atoms. The van der Waals surface area contributed by atoms with Crippen LogP contribution < -0.4 is 5.32 Å². The fourth-order valence-electron chi connectivity index (χ4n) is 1.96. The Morgan fingerprint density at radius 1 is 1.42 bits per heavy atom. The Kier molecular flexibility index (Phi) is 5.32. The molecule has 0 saturated carbocycles. The van der Waals surface area contributed by atoms with E-state index in [1.807, 2.05) is 0 Å². The third kappa shape index (κ3) is 5.72. The van der Waals surface area contributed by atoms with E-state index in [0.29, 0.717) is 19.5 Å². The number of alkyl carbamates (subject to hydrolysis) is 1. The second-order valence-corrected chi connectivity index (χ2v) is 5.75. The normalized spacial score (nSPS) is 19.1. The first kappa shape index (κ1) is 15.5. The highest BCUT2D eigenvalue weighted by Gasteiger charge is 2.26. The first-order valence-electron chi connectivity index (χ1n) is 6.50. The molecule has 0 unspecified atom stereocenters. The molecular weight excluding hydrogens is 248 g/mol. The van der Waals surface area contributed by atoms with Gasteiger partial charge in [0.25, 0.3) is 0 Å². The lowest BCUT2D eigenvalue weighted by Gasteiger charge is -2.21. The summed E-state index contributed by atoms with van der Waals surface area (Å²) in [5, 5.41) is 2.44. The van der Waals surface area contributed by atoms with Gasteiger partial charge in [0.2, 0.25) is 5.91 Å². The topological polar surface area (TPSA) is 75.7 Å². The van der Waals surface area contributed by atoms with Crippen molar-refractivity contribution in [2.45, 2.75) is 39.2 Å². The molecule has 6 nitrogen and oxygen atoms in total. The summed E-state index contributed by atoms with van der Waals surface area (Å²) in [6.07, 6.45) is 1.63. The van der Waals surface area contributed by atoms with Gasteiger partial charge in [0.15, 0.2) is 0 Å². The van der Waals surface area contributed by atoms with Crippen molar-refractivity contribution in [1.82, 2.24) is 10.2 Å². The highest BCUT2D eigenvalue weighted by Crippen LogP contribution is 2.18. The molecule has 0 radical (unpaired) electrons. The van der Waals surface area contributed by atoms with Gasteiger partial charge in [-0.25, -0.2) is 4.79 Å². The molecule has 0 aliphatic carbocycles. The van der Waals surface area contributed by atoms with Crippen molar-refractivity contribution in [2.75, 3.05) is 19.6 Å². The van der Waals surface area contributed by atoms with Gasteiger partial charge in [-0.05, 0) is 33.1 Å². The van der Waals surface area contributed by atoms with E-state index < -0.39 is 11.7 Å². The van der Waals surface area contributed by atoms with Crippen LogP contribution in [0, 0.1) is 5.92 Å². The Balaban J connectivity index is 2.29. The standard InChI is InChI=1S/C13H22N2O4/c1-13(2,3)19-12(18)14-8-11(17)15-6-4-10(9-15)5-7-16/h7,10H,4-6,8-9H2,1-3H3,(H,14,18)/t10-/m0/s1. The van der Waals surface area contributed by atoms with Gasteiger partial charge in [0.1, 0.15) is 18.4 Å². The third-order valence-corrected chi connectivity index (χ3v) is 2.85. The van der Waals surface area contributed by atoms with Crippen LogP contribution in [0.4, 0.5) is 4.79 Å². The zero-order valence-corrected chi connectivity index (χ0v) is 11.8. The number of likely N-dealkylation sites (tertiary alicyclic amines) is 1. The molecule has 2 amide bonds. The van der Waals surface area contributed by atoms with Crippen molar-refractivity contribution in [3.63, 3.8) is 0 Å². The summed E-state index contributed by atoms with van der Waals surface area (Å²) in [7, 11) is 0. The van der Waals surface area contributed by atoms with Crippen LogP contribution in [-0.2, 0) is 14.3 Å². The SMILES string of the molecule is CC(C)(C)OC(=O)NCC(=O)N1CC[C@@H](CC=O)C1. The van der Waals surface area contributed by atoms with Crippen molar-refractivity contribution in [3.8, 4) is 0 Å². The van der Waals surface area contributed by atoms with Crippen LogP contribution in [-0.4, -0.2) is 48.4 Å². The summed E-state index contributed by atoms with van der Waals surface area (Å²) in [5.41, 5.74) is -0.574. The Hall–Kier alpha value is -1.59. The Morgan fingerprint density at radius 2 is 2.11 bits per heavy atom. The Morgan fingerprint density at radius 3 is 2.68 bits per heavy atom. The Bertz CT molecular complexity index is 349. The minimum atomic E-state index is -0.593. The minimum Gasteiger partial charge on any atom is -0.444 e. The van der Waals surface area contributed by atoms with Gasteiger partial charge in [0.05, 0.1) is 0 Å². The van der Waals surface area contributed by atoms with Gasteiger partial charge in [-0.15, -0.1) is 0 Å². The fourth-order valence-corrected chi connectivity index (χ4v) is 1.96. The molecule has 6 heteroatoms. The predicted octanol–water partition coefficient (Wildman–Crippen LogP) is 0.949. The summed E-state index contributed by atoms with van der Waals surface area (Å²) in [6, 6.07) is 0. The van der Waals surface area contributed by atoms with Crippen molar-refractivity contribution >= 4 is 18.3 Å². The average molecular weight is 270 g/mol. The number of nitrogens with one attached hydrogen (secondary N) is 1. The second-order valence-electron chi connectivity index (χ2n) is 5.75. The van der Waals surface area contributed by atoms with Crippen LogP contribution in [0.15, 0.2) is 0 Å². The maximum absolute atomic E-state index is 11.8. The van der Waals surface area contributed by atoms with Gasteiger partial charge < -0.3 is 19.7 Å². The van der Waals surface area contributed by atoms with Crippen LogP contribution in [0.2, 0.25) is 0 Å². The van der Waals surface area contributed by atoms with Crippen LogP contribution in [0.5, 0.6) is 0 Å². The lowest BCUT2D eigenvalue weighted by Crippen LogP contribution is -2.41. The summed E-state index contributed by atoms with van der Waals surface area (Å²) >= 11 is 0. The van der Waals surface area contributed by atoms with Crippen LogP contribution in [0.1, 0.15) is 33.6 Å². The molecule has 1 aliphatic heterocycles. The maximum Gasteiger partial charge on any atom is 0.408 e. The van der Waals surface area contributed by atoms with Gasteiger partial charge in [-0.1, -0.05) is 0 Å². The largest absolute Gasteiger partial charge is 0.444 e. The number of nitrogens with zero attached hydrogens (tertiary/aromatic N) is 1. The predicted molar refractivity (Wildman–Crippen MR) is 69.6 cm³/mol. The van der Waals surface area contributed by atoms with E-state index in [1.165, 1.54) is 0 Å². The number of aldehydes is 1. The molecule has 1 rings (SSSR count). The molecule has 1 saturated heterocycles. The van der Waals surface area contributed by atoms with E-state index in [-0.39, 0.29) is 18.4 Å². The van der Waals surface area contributed by atoms with Gasteiger partial charge in [0, 0.05) is 19.5 Å². The third-order valence-electron chi connectivity index (χ3n) is 2.85. The van der Waals surface area contributed by atoms with Gasteiger partial charge in [-0.3, -0.25) is 4.79 Å². The first-order chi connectivity index (χ1) is 8.81. The van der Waals surface area contributed by atoms with E-state index >= 15 is 0 Å². The molecular formula is C13H22N2O4. The molecule has 1 heterocycles. The number of carbonyl (C=O) groups is 3. The molecule has 0 aromatic carbocycles. The first-order valence-corrected chi connectivity index (χ1v) is 6.50. The van der Waals surface area contributed by atoms with E-state index in [0.717, 1.165) is 12.7 Å². The summed E-state index contributed by atoms with van der Waals surface area (Å²) in [4.78, 5) is 35.3. The molecule has 1 aliphatic rings. The fraction of sp³-hybridized carbons (Fsp3) is 0.769. The maximum atomic E-state index is 11.8. The van der Waals surface area contributed by atoms with Crippen molar-refractivity contribution in [1.29, 1.82) is 0 Å². The van der Waals surface area contributed by atoms with Crippen molar-refractivity contribution in [2.24, 2.45) is 5.92 Å². The molecule has 0 aromatic heterocycles. The molecule has 1 N–H and O–H groups in total. The second kappa shape index (κ2) is 6.54. The number of amides is 2. The molecule has 1 atom stereocenters. The van der Waals surface area contributed by atoms with Crippen molar-refractivity contribution in [3.05, 3.63) is 0 Å². The average Bonchev–Trinajstić information content (AvgIpc) is 2.73. The van der Waals surface area contributed by atoms with Crippen LogP contribution >= 0.6 is 0 Å². The lowest BCUT2D eigenvalue weighted by molar-refractivity contribution is -0.129. The molecule has 108 valence electrons. The zero-order valence-electron chi connectivity index (χ0n) is 11.8. The number of hydrogen-bond donors (Lipinski definition) is 1. The molecule has 0 aromatic rings. The van der Waals surface area contributed by atoms with Crippen molar-refractivity contribution < 1.29 is 19.1 Å². The summed E-state index contributed by atoms with van der Waals surface area (Å²) in [5.74, 6) is 0.113. The van der Waals surface area contributed by atoms with Gasteiger partial charge in [-0.2, -0.15) is 0 Å². The Labute approximate surface area is 113 Å². The number of ether oxygens (including phenoxy) is 1. The molecule has 19 heavy (non-hydrogen) atoms. The number of hydrogen-bond acceptors (Lipinski definition) is 4.